The maximum Gasteiger partial charge on any atom is 0.322 e. The van der Waals surface area contributed by atoms with E-state index in [9.17, 15) is 19.8 Å². The molecule has 1 aromatic rings. The second kappa shape index (κ2) is 3.59. The van der Waals surface area contributed by atoms with Crippen molar-refractivity contribution in [3.8, 4) is 0 Å². The minimum Gasteiger partial charge on any atom is -0.480 e. The fraction of sp³-hybridized carbons (Fsp3) is 0.467. The van der Waals surface area contributed by atoms with Gasteiger partial charge >= 0.3 is 11.9 Å². The largest absolute Gasteiger partial charge is 0.480 e. The molecule has 4 heteroatoms. The standard InChI is InChI=1S/C15H18O4/c1-13(2)9-7-5-6-8-10(9)14(3,4)15(13,11(16)17)12(18)19/h5-8H,1-4H3,(H,16,17)(H,18,19). The summed E-state index contributed by atoms with van der Waals surface area (Å²) >= 11 is 0. The highest BCUT2D eigenvalue weighted by atomic mass is 16.4. The Hall–Kier alpha value is -1.84. The smallest absolute Gasteiger partial charge is 0.322 e. The molecule has 1 aliphatic carbocycles. The van der Waals surface area contributed by atoms with Gasteiger partial charge in [-0.1, -0.05) is 52.0 Å². The molecule has 19 heavy (non-hydrogen) atoms. The van der Waals surface area contributed by atoms with Gasteiger partial charge in [-0.2, -0.15) is 0 Å². The number of hydrogen-bond acceptors (Lipinski definition) is 2. The van der Waals surface area contributed by atoms with E-state index in [1.165, 1.54) is 0 Å². The average molecular weight is 262 g/mol. The van der Waals surface area contributed by atoms with Crippen molar-refractivity contribution in [1.82, 2.24) is 0 Å². The first-order valence-electron chi connectivity index (χ1n) is 6.18. The molecule has 1 aromatic carbocycles. The van der Waals surface area contributed by atoms with E-state index in [-0.39, 0.29) is 0 Å². The van der Waals surface area contributed by atoms with E-state index < -0.39 is 28.2 Å². The summed E-state index contributed by atoms with van der Waals surface area (Å²) in [5, 5.41) is 19.4. The van der Waals surface area contributed by atoms with Gasteiger partial charge in [-0.3, -0.25) is 9.59 Å². The summed E-state index contributed by atoms with van der Waals surface area (Å²) in [6, 6.07) is 7.28. The van der Waals surface area contributed by atoms with Crippen LogP contribution in [0, 0.1) is 5.41 Å². The minimum atomic E-state index is -1.87. The van der Waals surface area contributed by atoms with Gasteiger partial charge in [0.25, 0.3) is 0 Å². The van der Waals surface area contributed by atoms with E-state index in [2.05, 4.69) is 0 Å². The Labute approximate surface area is 112 Å². The van der Waals surface area contributed by atoms with Crippen molar-refractivity contribution in [2.24, 2.45) is 5.41 Å². The molecule has 0 radical (unpaired) electrons. The average Bonchev–Trinajstić information content (AvgIpc) is 2.41. The number of carbonyl (C=O) groups is 2. The molecule has 0 heterocycles. The van der Waals surface area contributed by atoms with Gasteiger partial charge in [0.2, 0.25) is 0 Å². The Bertz CT molecular complexity index is 518. The van der Waals surface area contributed by atoms with Gasteiger partial charge in [0.1, 0.15) is 0 Å². The molecule has 0 bridgehead atoms. The number of rotatable bonds is 2. The van der Waals surface area contributed by atoms with Gasteiger partial charge in [-0.05, 0) is 11.1 Å². The Morgan fingerprint density at radius 3 is 1.42 bits per heavy atom. The van der Waals surface area contributed by atoms with Crippen LogP contribution in [0.3, 0.4) is 0 Å². The lowest BCUT2D eigenvalue weighted by molar-refractivity contribution is -0.174. The molecule has 0 saturated heterocycles. The van der Waals surface area contributed by atoms with E-state index in [1.54, 1.807) is 27.7 Å². The van der Waals surface area contributed by atoms with Crippen LogP contribution in [0.15, 0.2) is 24.3 Å². The Kier molecular flexibility index (Phi) is 2.57. The van der Waals surface area contributed by atoms with Gasteiger partial charge in [-0.15, -0.1) is 0 Å². The summed E-state index contributed by atoms with van der Waals surface area (Å²) in [5.41, 5.74) is -2.24. The van der Waals surface area contributed by atoms with Crippen molar-refractivity contribution in [3.63, 3.8) is 0 Å². The van der Waals surface area contributed by atoms with Crippen LogP contribution in [-0.2, 0) is 20.4 Å². The minimum absolute atomic E-state index is 0.796. The normalized spacial score (nSPS) is 21.7. The molecule has 0 amide bonds. The maximum absolute atomic E-state index is 11.9. The van der Waals surface area contributed by atoms with E-state index in [1.807, 2.05) is 24.3 Å². The first-order valence-corrected chi connectivity index (χ1v) is 6.18. The number of carboxylic acid groups (broad SMARTS) is 2. The second-order valence-electron chi connectivity index (χ2n) is 6.16. The summed E-state index contributed by atoms with van der Waals surface area (Å²) in [6.45, 7) is 6.79. The van der Waals surface area contributed by atoms with Crippen molar-refractivity contribution < 1.29 is 19.8 Å². The molecule has 0 aliphatic heterocycles. The van der Waals surface area contributed by atoms with E-state index in [0.29, 0.717) is 0 Å². The number of fused-ring (bicyclic) bond motifs is 1. The number of hydrogen-bond donors (Lipinski definition) is 2. The lowest BCUT2D eigenvalue weighted by atomic mass is 9.56. The molecule has 0 aromatic heterocycles. The number of aliphatic carboxylic acids is 2. The van der Waals surface area contributed by atoms with Crippen molar-refractivity contribution in [2.75, 3.05) is 0 Å². The van der Waals surface area contributed by atoms with Crippen LogP contribution in [0.4, 0.5) is 0 Å². The van der Waals surface area contributed by atoms with Gasteiger partial charge in [-0.25, -0.2) is 0 Å². The fourth-order valence-electron chi connectivity index (χ4n) is 3.92. The predicted molar refractivity (Wildman–Crippen MR) is 70.2 cm³/mol. The Morgan fingerprint density at radius 2 is 1.16 bits per heavy atom. The van der Waals surface area contributed by atoms with E-state index in [0.717, 1.165) is 11.1 Å². The predicted octanol–water partition coefficient (Wildman–Crippen LogP) is 2.41. The third kappa shape index (κ3) is 1.24. The number of carboxylic acids is 2. The lowest BCUT2D eigenvalue weighted by Crippen LogP contribution is -2.58. The molecule has 2 N–H and O–H groups in total. The highest BCUT2D eigenvalue weighted by Crippen LogP contribution is 2.62. The second-order valence-corrected chi connectivity index (χ2v) is 6.16. The monoisotopic (exact) mass is 262 g/mol. The van der Waals surface area contributed by atoms with Crippen LogP contribution in [0.25, 0.3) is 0 Å². The van der Waals surface area contributed by atoms with Crippen LogP contribution in [-0.4, -0.2) is 22.2 Å². The summed E-state index contributed by atoms with van der Waals surface area (Å²) in [5.74, 6) is -2.57. The van der Waals surface area contributed by atoms with E-state index >= 15 is 0 Å². The molecule has 1 aliphatic rings. The van der Waals surface area contributed by atoms with Crippen LogP contribution < -0.4 is 0 Å². The zero-order valence-electron chi connectivity index (χ0n) is 11.5. The van der Waals surface area contributed by atoms with Crippen molar-refractivity contribution >= 4 is 11.9 Å². The van der Waals surface area contributed by atoms with Crippen LogP contribution >= 0.6 is 0 Å². The third-order valence-electron chi connectivity index (χ3n) is 4.79. The molecule has 0 fully saturated rings. The van der Waals surface area contributed by atoms with Gasteiger partial charge < -0.3 is 10.2 Å². The Morgan fingerprint density at radius 1 is 0.842 bits per heavy atom. The van der Waals surface area contributed by atoms with E-state index in [4.69, 9.17) is 0 Å². The molecule has 102 valence electrons. The first kappa shape index (κ1) is 13.6. The molecule has 0 spiro atoms. The van der Waals surface area contributed by atoms with Crippen molar-refractivity contribution in [3.05, 3.63) is 35.4 Å². The zero-order chi connectivity index (χ0) is 14.6. The molecule has 4 nitrogen and oxygen atoms in total. The maximum atomic E-state index is 11.9. The van der Waals surface area contributed by atoms with Gasteiger partial charge in [0.05, 0.1) is 0 Å². The van der Waals surface area contributed by atoms with Crippen molar-refractivity contribution in [1.29, 1.82) is 0 Å². The Balaban J connectivity index is 2.93. The fourth-order valence-corrected chi connectivity index (χ4v) is 3.92. The van der Waals surface area contributed by atoms with Gasteiger partial charge in [0.15, 0.2) is 5.41 Å². The highest BCUT2D eigenvalue weighted by Gasteiger charge is 2.71. The van der Waals surface area contributed by atoms with Crippen molar-refractivity contribution in [2.45, 2.75) is 38.5 Å². The molecular weight excluding hydrogens is 244 g/mol. The lowest BCUT2D eigenvalue weighted by Gasteiger charge is -2.42. The molecule has 0 saturated carbocycles. The molecule has 0 atom stereocenters. The van der Waals surface area contributed by atoms with Crippen LogP contribution in [0.2, 0.25) is 0 Å². The summed E-state index contributed by atoms with van der Waals surface area (Å²) < 4.78 is 0. The third-order valence-corrected chi connectivity index (χ3v) is 4.79. The summed E-state index contributed by atoms with van der Waals surface area (Å²) in [4.78, 5) is 23.8. The highest BCUT2D eigenvalue weighted by molar-refractivity contribution is 6.03. The van der Waals surface area contributed by atoms with Gasteiger partial charge in [0, 0.05) is 10.8 Å². The molecule has 0 unspecified atom stereocenters. The van der Waals surface area contributed by atoms with Crippen LogP contribution in [0.5, 0.6) is 0 Å². The SMILES string of the molecule is CC1(C)c2ccccc2C(C)(C)C1(C(=O)O)C(=O)O. The zero-order valence-corrected chi connectivity index (χ0v) is 11.5. The van der Waals surface area contributed by atoms with Crippen LogP contribution in [0.1, 0.15) is 38.8 Å². The topological polar surface area (TPSA) is 74.6 Å². The summed E-state index contributed by atoms with van der Waals surface area (Å²) in [6.07, 6.45) is 0. The molecule has 2 rings (SSSR count). The number of benzene rings is 1. The summed E-state index contributed by atoms with van der Waals surface area (Å²) in [7, 11) is 0. The first-order chi connectivity index (χ1) is 8.61. The quantitative estimate of drug-likeness (QED) is 0.803. The molecular formula is C15H18O4.